The van der Waals surface area contributed by atoms with E-state index in [1.54, 1.807) is 17.4 Å². The largest absolute Gasteiger partial charge is 0.487 e. The maximum Gasteiger partial charge on any atom is 0.149 e. The second-order valence-electron chi connectivity index (χ2n) is 3.33. The van der Waals surface area contributed by atoms with Crippen molar-refractivity contribution in [2.24, 2.45) is 0 Å². The number of hydrogen-bond acceptors (Lipinski definition) is 4. The summed E-state index contributed by atoms with van der Waals surface area (Å²) in [5, 5.41) is 2.91. The van der Waals surface area contributed by atoms with Gasteiger partial charge in [-0.15, -0.1) is 11.3 Å². The molecule has 0 aliphatic heterocycles. The number of nitrogens with zero attached hydrogens (tertiary/aromatic N) is 1. The van der Waals surface area contributed by atoms with Crippen LogP contribution in [0.5, 0.6) is 5.75 Å². The minimum Gasteiger partial charge on any atom is -0.487 e. The Balaban J connectivity index is 2.02. The van der Waals surface area contributed by atoms with E-state index in [2.05, 4.69) is 4.98 Å². The summed E-state index contributed by atoms with van der Waals surface area (Å²) in [6.07, 6.45) is 0. The van der Waals surface area contributed by atoms with Gasteiger partial charge in [0.2, 0.25) is 0 Å². The van der Waals surface area contributed by atoms with E-state index >= 15 is 0 Å². The van der Waals surface area contributed by atoms with Crippen LogP contribution in [0.2, 0.25) is 0 Å². The molecule has 0 saturated carbocycles. The highest BCUT2D eigenvalue weighted by Gasteiger charge is 2.03. The summed E-state index contributed by atoms with van der Waals surface area (Å²) in [6.45, 7) is 2.27. The highest BCUT2D eigenvalue weighted by molar-refractivity contribution is 7.09. The lowest BCUT2D eigenvalue weighted by atomic mass is 10.3. The maximum atomic E-state index is 13.1. The van der Waals surface area contributed by atoms with Crippen molar-refractivity contribution in [3.8, 4) is 5.75 Å². The number of aryl methyl sites for hydroxylation is 1. The summed E-state index contributed by atoms with van der Waals surface area (Å²) in [5.74, 6) is -0.00990. The van der Waals surface area contributed by atoms with Crippen LogP contribution >= 0.6 is 11.3 Å². The first-order valence-corrected chi connectivity index (χ1v) is 5.62. The molecule has 1 heterocycles. The van der Waals surface area contributed by atoms with Gasteiger partial charge in [-0.1, -0.05) is 0 Å². The predicted molar refractivity (Wildman–Crippen MR) is 62.0 cm³/mol. The summed E-state index contributed by atoms with van der Waals surface area (Å²) < 4.78 is 18.5. The molecule has 0 fully saturated rings. The lowest BCUT2D eigenvalue weighted by Crippen LogP contribution is -1.97. The van der Waals surface area contributed by atoms with Gasteiger partial charge in [-0.2, -0.15) is 0 Å². The van der Waals surface area contributed by atoms with Gasteiger partial charge in [-0.05, 0) is 19.1 Å². The fraction of sp³-hybridized carbons (Fsp3) is 0.182. The van der Waals surface area contributed by atoms with Crippen LogP contribution in [0, 0.1) is 12.7 Å². The molecular weight excluding hydrogens is 227 g/mol. The van der Waals surface area contributed by atoms with E-state index in [9.17, 15) is 4.39 Å². The third kappa shape index (κ3) is 2.49. The van der Waals surface area contributed by atoms with Gasteiger partial charge in [0.25, 0.3) is 0 Å². The van der Waals surface area contributed by atoms with E-state index in [0.717, 1.165) is 10.7 Å². The summed E-state index contributed by atoms with van der Waals surface area (Å²) >= 11 is 1.56. The summed E-state index contributed by atoms with van der Waals surface area (Å²) in [7, 11) is 0. The number of nitrogens with two attached hydrogens (primary N) is 1. The number of benzene rings is 1. The van der Waals surface area contributed by atoms with Gasteiger partial charge in [0.15, 0.2) is 0 Å². The van der Waals surface area contributed by atoms with Crippen molar-refractivity contribution in [3.63, 3.8) is 0 Å². The first-order valence-electron chi connectivity index (χ1n) is 4.74. The van der Waals surface area contributed by atoms with E-state index in [1.807, 2.05) is 12.3 Å². The third-order valence-electron chi connectivity index (χ3n) is 2.03. The minimum atomic E-state index is -0.466. The van der Waals surface area contributed by atoms with E-state index in [-0.39, 0.29) is 5.69 Å². The first kappa shape index (κ1) is 10.9. The lowest BCUT2D eigenvalue weighted by Gasteiger charge is -2.05. The van der Waals surface area contributed by atoms with Crippen LogP contribution in [0.4, 0.5) is 10.1 Å². The molecule has 2 aromatic rings. The van der Waals surface area contributed by atoms with Crippen LogP contribution in [-0.4, -0.2) is 4.98 Å². The fourth-order valence-corrected chi connectivity index (χ4v) is 1.83. The number of thiazole rings is 1. The molecule has 3 nitrogen and oxygen atoms in total. The van der Waals surface area contributed by atoms with Crippen LogP contribution in [0.3, 0.4) is 0 Å². The second kappa shape index (κ2) is 4.49. The van der Waals surface area contributed by atoms with Gasteiger partial charge in [0.1, 0.15) is 18.2 Å². The zero-order valence-corrected chi connectivity index (χ0v) is 9.55. The summed E-state index contributed by atoms with van der Waals surface area (Å²) in [6, 6.07) is 4.39. The van der Waals surface area contributed by atoms with Crippen molar-refractivity contribution < 1.29 is 9.13 Å². The number of rotatable bonds is 3. The van der Waals surface area contributed by atoms with Crippen molar-refractivity contribution in [1.82, 2.24) is 4.98 Å². The SMILES string of the molecule is Cc1nc(COc2ccc(N)c(F)c2)cs1. The molecule has 5 heteroatoms. The highest BCUT2D eigenvalue weighted by Crippen LogP contribution is 2.19. The second-order valence-corrected chi connectivity index (χ2v) is 4.39. The summed E-state index contributed by atoms with van der Waals surface area (Å²) in [4.78, 5) is 4.24. The highest BCUT2D eigenvalue weighted by atomic mass is 32.1. The van der Waals surface area contributed by atoms with Gasteiger partial charge >= 0.3 is 0 Å². The standard InChI is InChI=1S/C11H11FN2OS/c1-7-14-8(6-16-7)5-15-9-2-3-11(13)10(12)4-9/h2-4,6H,5,13H2,1H3. The average Bonchev–Trinajstić information content (AvgIpc) is 2.66. The Bertz CT molecular complexity index is 498. The zero-order valence-electron chi connectivity index (χ0n) is 8.74. The molecule has 16 heavy (non-hydrogen) atoms. The minimum absolute atomic E-state index is 0.122. The number of aromatic nitrogens is 1. The van der Waals surface area contributed by atoms with Crippen LogP contribution in [0.1, 0.15) is 10.7 Å². The lowest BCUT2D eigenvalue weighted by molar-refractivity contribution is 0.300. The molecule has 0 bridgehead atoms. The molecule has 0 radical (unpaired) electrons. The van der Waals surface area contributed by atoms with Crippen LogP contribution in [0.15, 0.2) is 23.6 Å². The Labute approximate surface area is 96.7 Å². The smallest absolute Gasteiger partial charge is 0.149 e. The molecular formula is C11H11FN2OS. The Morgan fingerprint density at radius 3 is 2.94 bits per heavy atom. The van der Waals surface area contributed by atoms with Gasteiger partial charge < -0.3 is 10.5 Å². The molecule has 84 valence electrons. The Kier molecular flexibility index (Phi) is 3.05. The van der Waals surface area contributed by atoms with Crippen molar-refractivity contribution >= 4 is 17.0 Å². The van der Waals surface area contributed by atoms with Crippen LogP contribution in [-0.2, 0) is 6.61 Å². The van der Waals surface area contributed by atoms with Crippen molar-refractivity contribution in [2.75, 3.05) is 5.73 Å². The fourth-order valence-electron chi connectivity index (χ4n) is 1.23. The molecule has 0 amide bonds. The zero-order chi connectivity index (χ0) is 11.5. The molecule has 2 rings (SSSR count). The molecule has 1 aromatic heterocycles. The van der Waals surface area contributed by atoms with E-state index in [1.165, 1.54) is 12.1 Å². The number of nitrogen functional groups attached to an aromatic ring is 1. The van der Waals surface area contributed by atoms with Gasteiger partial charge in [-0.3, -0.25) is 0 Å². The maximum absolute atomic E-state index is 13.1. The normalized spacial score (nSPS) is 10.4. The Hall–Kier alpha value is -1.62. The van der Waals surface area contributed by atoms with Crippen LogP contribution < -0.4 is 10.5 Å². The molecule has 2 N–H and O–H groups in total. The van der Waals surface area contributed by atoms with Crippen molar-refractivity contribution in [2.45, 2.75) is 13.5 Å². The average molecular weight is 238 g/mol. The monoisotopic (exact) mass is 238 g/mol. The molecule has 1 aromatic carbocycles. The summed E-state index contributed by atoms with van der Waals surface area (Å²) in [5.41, 5.74) is 6.33. The Morgan fingerprint density at radius 1 is 1.50 bits per heavy atom. The molecule has 0 atom stereocenters. The number of anilines is 1. The number of hydrogen-bond donors (Lipinski definition) is 1. The van der Waals surface area contributed by atoms with Gasteiger partial charge in [-0.25, -0.2) is 9.37 Å². The molecule has 0 aliphatic rings. The van der Waals surface area contributed by atoms with Crippen molar-refractivity contribution in [1.29, 1.82) is 0 Å². The topological polar surface area (TPSA) is 48.1 Å². The number of halogens is 1. The van der Waals surface area contributed by atoms with E-state index < -0.39 is 5.82 Å². The van der Waals surface area contributed by atoms with Gasteiger partial charge in [0.05, 0.1) is 16.4 Å². The van der Waals surface area contributed by atoms with E-state index in [0.29, 0.717) is 12.4 Å². The van der Waals surface area contributed by atoms with E-state index in [4.69, 9.17) is 10.5 Å². The van der Waals surface area contributed by atoms with Gasteiger partial charge in [0, 0.05) is 11.4 Å². The molecule has 0 saturated heterocycles. The number of ether oxygens (including phenoxy) is 1. The Morgan fingerprint density at radius 2 is 2.31 bits per heavy atom. The molecule has 0 aliphatic carbocycles. The molecule has 0 spiro atoms. The van der Waals surface area contributed by atoms with Crippen molar-refractivity contribution in [3.05, 3.63) is 40.1 Å². The van der Waals surface area contributed by atoms with Crippen LogP contribution in [0.25, 0.3) is 0 Å². The first-order chi connectivity index (χ1) is 7.65. The molecule has 0 unspecified atom stereocenters. The third-order valence-corrected chi connectivity index (χ3v) is 2.85. The quantitative estimate of drug-likeness (QED) is 0.836. The predicted octanol–water partition coefficient (Wildman–Crippen LogP) is 2.75.